The first-order valence-corrected chi connectivity index (χ1v) is 6.59. The molecule has 0 saturated heterocycles. The van der Waals surface area contributed by atoms with Crippen LogP contribution in [0.3, 0.4) is 0 Å². The summed E-state index contributed by atoms with van der Waals surface area (Å²) in [5.74, 6) is -0.486. The second kappa shape index (κ2) is 6.32. The van der Waals surface area contributed by atoms with Crippen molar-refractivity contribution in [3.63, 3.8) is 0 Å². The van der Waals surface area contributed by atoms with Gasteiger partial charge in [0.15, 0.2) is 0 Å². The summed E-state index contributed by atoms with van der Waals surface area (Å²) in [6.45, 7) is 2.17. The summed E-state index contributed by atoms with van der Waals surface area (Å²) in [6, 6.07) is 10.2. The molecule has 2 rings (SSSR count). The maximum atomic E-state index is 12.6. The maximum Gasteiger partial charge on any atom is 0.319 e. The van der Waals surface area contributed by atoms with Crippen molar-refractivity contribution in [2.24, 2.45) is 0 Å². The summed E-state index contributed by atoms with van der Waals surface area (Å²) < 4.78 is 0. The Hall–Kier alpha value is -2.47. The van der Waals surface area contributed by atoms with E-state index in [0.29, 0.717) is 12.2 Å². The minimum atomic E-state index is -0.693. The van der Waals surface area contributed by atoms with Crippen LogP contribution >= 0.6 is 11.6 Å². The Morgan fingerprint density at radius 1 is 1.33 bits per heavy atom. The molecule has 0 aliphatic rings. The molecule has 108 valence electrons. The van der Waals surface area contributed by atoms with Gasteiger partial charge in [0, 0.05) is 18.4 Å². The molecule has 6 nitrogen and oxygen atoms in total. The van der Waals surface area contributed by atoms with Crippen LogP contribution in [0.5, 0.6) is 0 Å². The third kappa shape index (κ3) is 3.00. The number of hydrogen-bond acceptors (Lipinski definition) is 4. The molecule has 1 aromatic heterocycles. The van der Waals surface area contributed by atoms with Crippen LogP contribution in [0.1, 0.15) is 17.3 Å². The van der Waals surface area contributed by atoms with Gasteiger partial charge in [0.05, 0.1) is 4.92 Å². The van der Waals surface area contributed by atoms with Gasteiger partial charge in [-0.25, -0.2) is 4.98 Å². The first-order chi connectivity index (χ1) is 10.1. The van der Waals surface area contributed by atoms with E-state index in [4.69, 9.17) is 11.6 Å². The van der Waals surface area contributed by atoms with Gasteiger partial charge in [-0.15, -0.1) is 0 Å². The largest absolute Gasteiger partial charge is 0.319 e. The summed E-state index contributed by atoms with van der Waals surface area (Å²) in [7, 11) is 0. The number of rotatable bonds is 4. The minimum absolute atomic E-state index is 0.0781. The zero-order chi connectivity index (χ0) is 15.4. The van der Waals surface area contributed by atoms with Crippen molar-refractivity contribution < 1.29 is 9.72 Å². The number of anilines is 1. The first-order valence-electron chi connectivity index (χ1n) is 6.22. The number of carbonyl (C=O) groups excluding carboxylic acids is 1. The molecule has 0 spiro atoms. The van der Waals surface area contributed by atoms with Crippen LogP contribution in [0.15, 0.2) is 42.6 Å². The number of pyridine rings is 1. The van der Waals surface area contributed by atoms with Gasteiger partial charge in [0.2, 0.25) is 5.15 Å². The van der Waals surface area contributed by atoms with Crippen molar-refractivity contribution in [1.29, 1.82) is 0 Å². The normalized spacial score (nSPS) is 10.2. The molecular weight excluding hydrogens is 294 g/mol. The molecule has 21 heavy (non-hydrogen) atoms. The standard InChI is InChI=1S/C14H12ClN3O3/c1-2-17(10-6-4-3-5-7-10)14(19)11-8-9-16-13(15)12(11)18(20)21/h3-9H,2H2,1H3. The molecule has 2 aromatic rings. The van der Waals surface area contributed by atoms with Crippen molar-refractivity contribution in [2.75, 3.05) is 11.4 Å². The molecule has 0 unspecified atom stereocenters. The van der Waals surface area contributed by atoms with E-state index in [-0.39, 0.29) is 10.7 Å². The number of hydrogen-bond donors (Lipinski definition) is 0. The molecule has 0 aliphatic carbocycles. The van der Waals surface area contributed by atoms with Crippen LogP contribution in [0.2, 0.25) is 5.15 Å². The number of para-hydroxylation sites is 1. The van der Waals surface area contributed by atoms with Gasteiger partial charge in [-0.1, -0.05) is 29.8 Å². The van der Waals surface area contributed by atoms with Gasteiger partial charge in [-0.05, 0) is 25.1 Å². The number of carbonyl (C=O) groups is 1. The topological polar surface area (TPSA) is 76.3 Å². The number of amides is 1. The third-order valence-corrected chi connectivity index (χ3v) is 3.20. The quantitative estimate of drug-likeness (QED) is 0.493. The van der Waals surface area contributed by atoms with Crippen LogP contribution < -0.4 is 4.90 Å². The van der Waals surface area contributed by atoms with E-state index in [1.807, 2.05) is 6.07 Å². The molecule has 0 radical (unpaired) electrons. The van der Waals surface area contributed by atoms with Gasteiger partial charge >= 0.3 is 5.69 Å². The highest BCUT2D eigenvalue weighted by atomic mass is 35.5. The molecule has 0 bridgehead atoms. The van der Waals surface area contributed by atoms with E-state index in [1.165, 1.54) is 17.2 Å². The zero-order valence-electron chi connectivity index (χ0n) is 11.2. The number of nitro groups is 1. The molecule has 0 saturated carbocycles. The van der Waals surface area contributed by atoms with E-state index >= 15 is 0 Å². The Morgan fingerprint density at radius 2 is 2.00 bits per heavy atom. The van der Waals surface area contributed by atoms with Crippen LogP contribution in [0.4, 0.5) is 11.4 Å². The lowest BCUT2D eigenvalue weighted by atomic mass is 10.2. The zero-order valence-corrected chi connectivity index (χ0v) is 11.9. The summed E-state index contributed by atoms with van der Waals surface area (Å²) in [4.78, 5) is 28.1. The van der Waals surface area contributed by atoms with Crippen molar-refractivity contribution in [1.82, 2.24) is 4.98 Å². The van der Waals surface area contributed by atoms with Gasteiger partial charge < -0.3 is 4.90 Å². The van der Waals surface area contributed by atoms with Gasteiger partial charge in [-0.3, -0.25) is 14.9 Å². The maximum absolute atomic E-state index is 12.6. The second-order valence-corrected chi connectivity index (χ2v) is 4.50. The Balaban J connectivity index is 2.49. The van der Waals surface area contributed by atoms with Gasteiger partial charge in [0.1, 0.15) is 5.56 Å². The Morgan fingerprint density at radius 3 is 2.57 bits per heavy atom. The Kier molecular flexibility index (Phi) is 4.49. The second-order valence-electron chi connectivity index (χ2n) is 4.14. The highest BCUT2D eigenvalue weighted by Crippen LogP contribution is 2.28. The Labute approximate surface area is 126 Å². The van der Waals surface area contributed by atoms with E-state index in [9.17, 15) is 14.9 Å². The highest BCUT2D eigenvalue weighted by Gasteiger charge is 2.28. The van der Waals surface area contributed by atoms with E-state index < -0.39 is 16.5 Å². The van der Waals surface area contributed by atoms with E-state index in [2.05, 4.69) is 4.98 Å². The summed E-state index contributed by atoms with van der Waals surface area (Å²) in [5.41, 5.74) is 0.108. The van der Waals surface area contributed by atoms with E-state index in [1.54, 1.807) is 31.2 Å². The lowest BCUT2D eigenvalue weighted by Gasteiger charge is -2.20. The van der Waals surface area contributed by atoms with Crippen molar-refractivity contribution >= 4 is 28.9 Å². The number of benzene rings is 1. The molecule has 1 aromatic carbocycles. The monoisotopic (exact) mass is 305 g/mol. The fraction of sp³-hybridized carbons (Fsp3) is 0.143. The first kappa shape index (κ1) is 14.9. The molecule has 0 N–H and O–H groups in total. The van der Waals surface area contributed by atoms with Gasteiger partial charge in [-0.2, -0.15) is 0 Å². The lowest BCUT2D eigenvalue weighted by Crippen LogP contribution is -2.31. The number of nitrogens with zero attached hydrogens (tertiary/aromatic N) is 3. The van der Waals surface area contributed by atoms with E-state index in [0.717, 1.165) is 0 Å². The highest BCUT2D eigenvalue weighted by molar-refractivity contribution is 6.32. The summed E-state index contributed by atoms with van der Waals surface area (Å²) in [6.07, 6.45) is 1.28. The van der Waals surface area contributed by atoms with Crippen molar-refractivity contribution in [2.45, 2.75) is 6.92 Å². The SMILES string of the molecule is CCN(C(=O)c1ccnc(Cl)c1[N+](=O)[O-])c1ccccc1. The van der Waals surface area contributed by atoms with Crippen molar-refractivity contribution in [3.8, 4) is 0 Å². The van der Waals surface area contributed by atoms with Crippen LogP contribution in [0, 0.1) is 10.1 Å². The fourth-order valence-electron chi connectivity index (χ4n) is 1.97. The number of aromatic nitrogens is 1. The van der Waals surface area contributed by atoms with Crippen molar-refractivity contribution in [3.05, 3.63) is 63.4 Å². The molecule has 0 atom stereocenters. The molecule has 1 amide bonds. The molecule has 0 fully saturated rings. The summed E-state index contributed by atoms with van der Waals surface area (Å²) >= 11 is 5.74. The molecule has 7 heteroatoms. The average molecular weight is 306 g/mol. The minimum Gasteiger partial charge on any atom is -0.308 e. The number of halogens is 1. The van der Waals surface area contributed by atoms with Crippen LogP contribution in [-0.2, 0) is 0 Å². The predicted octanol–water partition coefficient (Wildman–Crippen LogP) is 3.31. The average Bonchev–Trinajstić information content (AvgIpc) is 2.48. The van der Waals surface area contributed by atoms with Crippen LogP contribution in [-0.4, -0.2) is 22.4 Å². The van der Waals surface area contributed by atoms with Gasteiger partial charge in [0.25, 0.3) is 5.91 Å². The molecular formula is C14H12ClN3O3. The molecule has 1 heterocycles. The smallest absolute Gasteiger partial charge is 0.308 e. The summed E-state index contributed by atoms with van der Waals surface area (Å²) in [5, 5.41) is 10.8. The Bertz CT molecular complexity index is 676. The lowest BCUT2D eigenvalue weighted by molar-refractivity contribution is -0.385. The fourth-order valence-corrected chi connectivity index (χ4v) is 2.20. The molecule has 0 aliphatic heterocycles. The predicted molar refractivity (Wildman–Crippen MR) is 79.7 cm³/mol. The van der Waals surface area contributed by atoms with Crippen LogP contribution in [0.25, 0.3) is 0 Å². The third-order valence-electron chi connectivity index (χ3n) is 2.92.